The molecule has 0 saturated heterocycles. The van der Waals surface area contributed by atoms with Gasteiger partial charge in [0.2, 0.25) is 5.91 Å². The number of amides is 1. The van der Waals surface area contributed by atoms with Gasteiger partial charge in [0.15, 0.2) is 0 Å². The fraction of sp³-hybridized carbons (Fsp3) is 0.621. The highest BCUT2D eigenvalue weighted by Gasteiger charge is 2.27. The zero-order valence-corrected chi connectivity index (χ0v) is 49.4. The number of phosphoric acid groups is 1. The van der Waals surface area contributed by atoms with Crippen LogP contribution in [0, 0.1) is 0 Å². The largest absolute Gasteiger partial charge is 0.472 e. The van der Waals surface area contributed by atoms with E-state index in [2.05, 4.69) is 153 Å². The second-order valence-electron chi connectivity index (χ2n) is 20.6. The van der Waals surface area contributed by atoms with E-state index in [4.69, 9.17) is 9.05 Å². The summed E-state index contributed by atoms with van der Waals surface area (Å²) in [5.74, 6) is -0.216. The third-order valence-electron chi connectivity index (χ3n) is 12.3. The lowest BCUT2D eigenvalue weighted by Crippen LogP contribution is -2.45. The Bertz CT molecular complexity index is 1720. The number of phosphoric ester groups is 1. The average molecular weight is 1060 g/mol. The summed E-state index contributed by atoms with van der Waals surface area (Å²) in [7, 11) is 1.51. The molecule has 3 unspecified atom stereocenters. The predicted molar refractivity (Wildman–Crippen MR) is 327 cm³/mol. The third-order valence-corrected chi connectivity index (χ3v) is 13.3. The number of rotatable bonds is 52. The summed E-state index contributed by atoms with van der Waals surface area (Å²) < 4.78 is 23.7. The Kier molecular flexibility index (Phi) is 52.5. The van der Waals surface area contributed by atoms with Crippen molar-refractivity contribution in [3.63, 3.8) is 0 Å². The third kappa shape index (κ3) is 57.9. The van der Waals surface area contributed by atoms with E-state index < -0.39 is 20.0 Å². The minimum absolute atomic E-state index is 0.0410. The van der Waals surface area contributed by atoms with Gasteiger partial charge in [0.05, 0.1) is 39.9 Å². The van der Waals surface area contributed by atoms with Crippen molar-refractivity contribution in [3.8, 4) is 0 Å². The van der Waals surface area contributed by atoms with Crippen LogP contribution in [-0.2, 0) is 18.4 Å². The van der Waals surface area contributed by atoms with Gasteiger partial charge in [0.25, 0.3) is 0 Å². The number of aliphatic hydroxyl groups excluding tert-OH is 1. The molecule has 0 bridgehead atoms. The van der Waals surface area contributed by atoms with E-state index in [0.29, 0.717) is 17.4 Å². The first-order valence-corrected chi connectivity index (χ1v) is 31.2. The first kappa shape index (κ1) is 71.4. The molecule has 3 atom stereocenters. The summed E-state index contributed by atoms with van der Waals surface area (Å²) in [6, 6.07) is -0.893. The van der Waals surface area contributed by atoms with Crippen LogP contribution in [0.2, 0.25) is 0 Å². The van der Waals surface area contributed by atoms with Gasteiger partial charge in [0, 0.05) is 6.42 Å². The maximum Gasteiger partial charge on any atom is 0.472 e. The molecule has 0 aliphatic heterocycles. The van der Waals surface area contributed by atoms with Gasteiger partial charge in [-0.1, -0.05) is 237 Å². The van der Waals surface area contributed by atoms with Gasteiger partial charge in [-0.05, 0) is 116 Å². The highest BCUT2D eigenvalue weighted by molar-refractivity contribution is 7.47. The minimum Gasteiger partial charge on any atom is -0.387 e. The molecule has 0 fully saturated rings. The maximum absolute atomic E-state index is 13.0. The molecule has 0 aliphatic rings. The smallest absolute Gasteiger partial charge is 0.387 e. The van der Waals surface area contributed by atoms with Gasteiger partial charge in [-0.3, -0.25) is 13.8 Å². The zero-order valence-electron chi connectivity index (χ0n) is 48.5. The lowest BCUT2D eigenvalue weighted by atomic mass is 10.1. The number of carbonyl (C=O) groups excluding carboxylic acids is 1. The molecule has 1 amide bonds. The molecule has 0 heterocycles. The number of hydrogen-bond acceptors (Lipinski definition) is 5. The summed E-state index contributed by atoms with van der Waals surface area (Å²) in [5, 5.41) is 13.9. The van der Waals surface area contributed by atoms with E-state index in [1.807, 2.05) is 27.2 Å². The standard InChI is InChI=1S/C66H111N2O6P/c1-6-8-10-12-14-16-18-20-22-24-26-28-29-30-31-32-33-34-35-36-37-38-39-40-42-44-46-48-50-52-54-56-58-60-66(70)67-64(63-74-75(71,72)73-62-61-68(3,4)5)65(69)59-57-55-53-51-49-47-45-43-41-27-25-23-21-19-17-15-13-11-9-7-2/h8,10,14,16,20,22,26,28,30-31,33-34,36-37,39-41,43-44,46,49,51,57,59,64-65,69H,6-7,9,11-13,15,17-19,21,23-25,27,29,32,35,38,42,45,47-48,50,52-56,58,60-63H2,1-5H3,(H-,67,70,71,72)/p+1/b10-8-,16-14-,22-20-,28-26-,31-30-,34-33-,37-36-,40-39-,43-41+,46-44-,51-49+,59-57+. The van der Waals surface area contributed by atoms with Crippen molar-refractivity contribution < 1.29 is 32.9 Å². The Morgan fingerprint density at radius 3 is 1.23 bits per heavy atom. The number of allylic oxidation sites excluding steroid dienone is 23. The fourth-order valence-corrected chi connectivity index (χ4v) is 8.39. The highest BCUT2D eigenvalue weighted by atomic mass is 31.2. The number of nitrogens with zero attached hydrogens (tertiary/aromatic N) is 1. The fourth-order valence-electron chi connectivity index (χ4n) is 7.65. The van der Waals surface area contributed by atoms with Gasteiger partial charge < -0.3 is 19.8 Å². The first-order chi connectivity index (χ1) is 36.5. The highest BCUT2D eigenvalue weighted by Crippen LogP contribution is 2.43. The predicted octanol–water partition coefficient (Wildman–Crippen LogP) is 18.5. The monoisotopic (exact) mass is 1060 g/mol. The second-order valence-corrected chi connectivity index (χ2v) is 22.1. The molecule has 0 aromatic rings. The van der Waals surface area contributed by atoms with Crippen molar-refractivity contribution in [1.29, 1.82) is 0 Å². The normalized spacial score (nSPS) is 14.9. The number of quaternary nitrogens is 1. The van der Waals surface area contributed by atoms with Gasteiger partial charge in [-0.15, -0.1) is 0 Å². The van der Waals surface area contributed by atoms with Crippen LogP contribution in [0.5, 0.6) is 0 Å². The molecule has 0 radical (unpaired) electrons. The lowest BCUT2D eigenvalue weighted by molar-refractivity contribution is -0.870. The van der Waals surface area contributed by atoms with Crippen molar-refractivity contribution in [2.75, 3.05) is 40.9 Å². The van der Waals surface area contributed by atoms with E-state index >= 15 is 0 Å². The van der Waals surface area contributed by atoms with Crippen LogP contribution in [0.15, 0.2) is 146 Å². The molecule has 0 aromatic carbocycles. The summed E-state index contributed by atoms with van der Waals surface area (Å²) in [6.07, 6.45) is 85.2. The molecule has 0 rings (SSSR count). The van der Waals surface area contributed by atoms with Crippen LogP contribution in [-0.4, -0.2) is 73.4 Å². The maximum atomic E-state index is 13.0. The summed E-state index contributed by atoms with van der Waals surface area (Å²) in [6.45, 7) is 4.64. The summed E-state index contributed by atoms with van der Waals surface area (Å²) in [4.78, 5) is 23.3. The molecule has 0 aliphatic carbocycles. The Labute approximate surface area is 461 Å². The number of nitrogens with one attached hydrogen (secondary N) is 1. The summed E-state index contributed by atoms with van der Waals surface area (Å²) >= 11 is 0. The van der Waals surface area contributed by atoms with Gasteiger partial charge in [-0.2, -0.15) is 0 Å². The van der Waals surface area contributed by atoms with Crippen molar-refractivity contribution in [3.05, 3.63) is 146 Å². The van der Waals surface area contributed by atoms with Crippen molar-refractivity contribution in [2.24, 2.45) is 0 Å². The zero-order chi connectivity index (χ0) is 54.9. The van der Waals surface area contributed by atoms with Crippen LogP contribution in [0.25, 0.3) is 0 Å². The molecule has 426 valence electrons. The van der Waals surface area contributed by atoms with E-state index in [0.717, 1.165) is 122 Å². The Morgan fingerprint density at radius 2 is 0.813 bits per heavy atom. The molecule has 75 heavy (non-hydrogen) atoms. The number of unbranched alkanes of at least 4 members (excludes halogenated alkanes) is 17. The minimum atomic E-state index is -4.38. The van der Waals surface area contributed by atoms with E-state index in [1.165, 1.54) is 70.6 Å². The Hall–Kier alpha value is -3.62. The topological polar surface area (TPSA) is 105 Å². The first-order valence-electron chi connectivity index (χ1n) is 29.7. The molecule has 3 N–H and O–H groups in total. The van der Waals surface area contributed by atoms with E-state index in [1.54, 1.807) is 6.08 Å². The van der Waals surface area contributed by atoms with Crippen molar-refractivity contribution in [1.82, 2.24) is 5.32 Å². The molecule has 8 nitrogen and oxygen atoms in total. The van der Waals surface area contributed by atoms with E-state index in [-0.39, 0.29) is 19.1 Å². The quantitative estimate of drug-likeness (QED) is 0.0243. The molecule has 0 spiro atoms. The van der Waals surface area contributed by atoms with Crippen LogP contribution in [0.4, 0.5) is 0 Å². The number of carbonyl (C=O) groups is 1. The van der Waals surface area contributed by atoms with Gasteiger partial charge in [-0.25, -0.2) is 4.57 Å². The Morgan fingerprint density at radius 1 is 0.467 bits per heavy atom. The second kappa shape index (κ2) is 55.1. The van der Waals surface area contributed by atoms with Gasteiger partial charge in [0.1, 0.15) is 13.2 Å². The van der Waals surface area contributed by atoms with Crippen LogP contribution in [0.3, 0.4) is 0 Å². The number of hydrogen-bond donors (Lipinski definition) is 3. The number of aliphatic hydroxyl groups is 1. The lowest BCUT2D eigenvalue weighted by Gasteiger charge is -2.25. The van der Waals surface area contributed by atoms with Crippen molar-refractivity contribution >= 4 is 13.7 Å². The van der Waals surface area contributed by atoms with Crippen molar-refractivity contribution in [2.45, 2.75) is 225 Å². The van der Waals surface area contributed by atoms with Crippen LogP contribution in [0.1, 0.15) is 213 Å². The van der Waals surface area contributed by atoms with E-state index in [9.17, 15) is 19.4 Å². The van der Waals surface area contributed by atoms with Gasteiger partial charge >= 0.3 is 7.82 Å². The molecule has 0 aromatic heterocycles. The average Bonchev–Trinajstić information content (AvgIpc) is 3.37. The number of likely N-dealkylation sites (N-methyl/N-ethyl adjacent to an activating group) is 1. The molecular weight excluding hydrogens is 948 g/mol. The van der Waals surface area contributed by atoms with Crippen LogP contribution >= 0.6 is 7.82 Å². The van der Waals surface area contributed by atoms with Crippen LogP contribution < -0.4 is 5.32 Å². The SMILES string of the molecule is CC/C=C\C/C=C\C/C=C\C/C=C\C/C=C\C/C=C\C/C=C\C/C=C\C/C=C\CCCCCCCC(=O)NC(COP(=O)(O)OCC[N+](C)(C)C)C(O)/C=C/CC/C=C/CC/C=C/CCCCCCCCCCCC. The molecule has 0 saturated carbocycles. The molecular formula is C66H112N2O6P+. The molecule has 9 heteroatoms. The summed E-state index contributed by atoms with van der Waals surface area (Å²) in [5.41, 5.74) is 0. The Balaban J connectivity index is 4.35.